The van der Waals surface area contributed by atoms with Crippen molar-refractivity contribution in [3.63, 3.8) is 0 Å². The molecule has 0 bridgehead atoms. The first-order valence-corrected chi connectivity index (χ1v) is 28.6. The van der Waals surface area contributed by atoms with Crippen molar-refractivity contribution >= 4 is 19.8 Å². The zero-order chi connectivity index (χ0) is 46.9. The van der Waals surface area contributed by atoms with E-state index in [4.69, 9.17) is 23.6 Å². The Kier molecular flexibility index (Phi) is 48.6. The molecule has 10 nitrogen and oxygen atoms in total. The number of aliphatic hydroxyl groups is 2. The monoisotopic (exact) mass is 931 g/mol. The normalized spacial score (nSPS) is 13.6. The van der Waals surface area contributed by atoms with E-state index in [2.05, 4.69) is 26.0 Å². The van der Waals surface area contributed by atoms with E-state index in [9.17, 15) is 24.2 Å². The average molecular weight is 931 g/mol. The molecule has 0 aromatic heterocycles. The van der Waals surface area contributed by atoms with Crippen LogP contribution in [0.5, 0.6) is 0 Å². The topological polar surface area (TPSA) is 149 Å². The van der Waals surface area contributed by atoms with E-state index in [0.717, 1.165) is 38.5 Å². The lowest BCUT2D eigenvalue weighted by Gasteiger charge is -2.20. The van der Waals surface area contributed by atoms with Crippen LogP contribution in [0.4, 0.5) is 0 Å². The van der Waals surface area contributed by atoms with Gasteiger partial charge in [-0.05, 0) is 38.5 Å². The van der Waals surface area contributed by atoms with E-state index < -0.39 is 51.8 Å². The highest BCUT2D eigenvalue weighted by Crippen LogP contribution is 2.43. The minimum atomic E-state index is -4.62. The summed E-state index contributed by atoms with van der Waals surface area (Å²) < 4.78 is 32.9. The van der Waals surface area contributed by atoms with Crippen LogP contribution in [0.2, 0.25) is 0 Å². The number of esters is 2. The van der Waals surface area contributed by atoms with E-state index in [0.29, 0.717) is 12.8 Å². The van der Waals surface area contributed by atoms with Gasteiger partial charge in [-0.1, -0.05) is 238 Å². The molecule has 0 rings (SSSR count). The summed E-state index contributed by atoms with van der Waals surface area (Å²) in [6.07, 6.45) is 51.9. The number of carbonyl (C=O) groups excluding carboxylic acids is 2. The third-order valence-electron chi connectivity index (χ3n) is 12.2. The van der Waals surface area contributed by atoms with Gasteiger partial charge < -0.3 is 24.6 Å². The van der Waals surface area contributed by atoms with Crippen LogP contribution in [0.25, 0.3) is 0 Å². The van der Waals surface area contributed by atoms with Crippen molar-refractivity contribution in [3.05, 3.63) is 12.2 Å². The van der Waals surface area contributed by atoms with Crippen molar-refractivity contribution in [2.75, 3.05) is 26.4 Å². The Morgan fingerprint density at radius 1 is 0.453 bits per heavy atom. The minimum absolute atomic E-state index is 0.184. The predicted octanol–water partition coefficient (Wildman–Crippen LogP) is 15.5. The molecule has 0 aliphatic carbocycles. The van der Waals surface area contributed by atoms with Crippen molar-refractivity contribution in [1.29, 1.82) is 0 Å². The lowest BCUT2D eigenvalue weighted by atomic mass is 10.0. The molecule has 0 aromatic carbocycles. The number of phosphoric ester groups is 1. The second kappa shape index (κ2) is 49.6. The van der Waals surface area contributed by atoms with Crippen molar-refractivity contribution in [2.24, 2.45) is 0 Å². The van der Waals surface area contributed by atoms with Crippen LogP contribution in [0, 0.1) is 0 Å². The number of aliphatic hydroxyl groups excluding tert-OH is 2. The van der Waals surface area contributed by atoms with Crippen molar-refractivity contribution in [2.45, 2.75) is 289 Å². The Hall–Kier alpha value is -1.29. The molecule has 64 heavy (non-hydrogen) atoms. The fraction of sp³-hybridized carbons (Fsp3) is 0.925. The first kappa shape index (κ1) is 62.7. The first-order valence-electron chi connectivity index (χ1n) is 27.1. The molecular weight excluding hydrogens is 828 g/mol. The Morgan fingerprint density at radius 3 is 1.12 bits per heavy atom. The van der Waals surface area contributed by atoms with Crippen LogP contribution in [0.3, 0.4) is 0 Å². The molecule has 0 aromatic rings. The highest BCUT2D eigenvalue weighted by Gasteiger charge is 2.27. The zero-order valence-corrected chi connectivity index (χ0v) is 42.7. The van der Waals surface area contributed by atoms with Gasteiger partial charge in [-0.25, -0.2) is 4.57 Å². The molecule has 380 valence electrons. The fourth-order valence-electron chi connectivity index (χ4n) is 7.99. The van der Waals surface area contributed by atoms with E-state index >= 15 is 0 Å². The molecule has 0 heterocycles. The van der Waals surface area contributed by atoms with Gasteiger partial charge in [0.1, 0.15) is 12.7 Å². The Labute approximate surface area is 394 Å². The molecule has 0 saturated heterocycles. The van der Waals surface area contributed by atoms with E-state index in [1.165, 1.54) is 199 Å². The number of hydrogen-bond donors (Lipinski definition) is 3. The molecule has 3 N–H and O–H groups in total. The highest BCUT2D eigenvalue weighted by atomic mass is 31.2. The van der Waals surface area contributed by atoms with Gasteiger partial charge in [-0.15, -0.1) is 0 Å². The van der Waals surface area contributed by atoms with Gasteiger partial charge in [0.05, 0.1) is 19.8 Å². The molecule has 0 saturated carbocycles. The van der Waals surface area contributed by atoms with Gasteiger partial charge in [0.15, 0.2) is 6.10 Å². The molecule has 0 amide bonds. The second-order valence-electron chi connectivity index (χ2n) is 18.6. The highest BCUT2D eigenvalue weighted by molar-refractivity contribution is 7.47. The second-order valence-corrected chi connectivity index (χ2v) is 20.1. The van der Waals surface area contributed by atoms with E-state index in [1.807, 2.05) is 0 Å². The maximum absolute atomic E-state index is 12.7. The van der Waals surface area contributed by atoms with Crippen LogP contribution in [-0.2, 0) is 32.7 Å². The van der Waals surface area contributed by atoms with Gasteiger partial charge in [-0.3, -0.25) is 18.6 Å². The fourth-order valence-corrected chi connectivity index (χ4v) is 8.78. The average Bonchev–Trinajstić information content (AvgIpc) is 3.28. The summed E-state index contributed by atoms with van der Waals surface area (Å²) in [6.45, 7) is 2.44. The molecular formula is C53H103O10P. The molecule has 3 unspecified atom stereocenters. The van der Waals surface area contributed by atoms with Crippen LogP contribution in [-0.4, -0.2) is 65.7 Å². The van der Waals surface area contributed by atoms with Gasteiger partial charge in [-0.2, -0.15) is 0 Å². The number of carbonyl (C=O) groups is 2. The van der Waals surface area contributed by atoms with Crippen molar-refractivity contribution < 1.29 is 47.8 Å². The summed E-state index contributed by atoms with van der Waals surface area (Å²) in [4.78, 5) is 35.2. The van der Waals surface area contributed by atoms with E-state index in [1.54, 1.807) is 0 Å². The SMILES string of the molecule is CCCCCCCC/C=C\CCCCCCCCCC(=O)OC(COC(=O)CCCCCCCCCCCCCCCCCCCCCCCCCC)COP(=O)(O)OCC(O)CO. The van der Waals surface area contributed by atoms with Gasteiger partial charge in [0.2, 0.25) is 0 Å². The molecule has 0 fully saturated rings. The summed E-state index contributed by atoms with van der Waals surface area (Å²) in [5.74, 6) is -0.912. The van der Waals surface area contributed by atoms with Gasteiger partial charge in [0.25, 0.3) is 0 Å². The maximum atomic E-state index is 12.7. The molecule has 0 radical (unpaired) electrons. The first-order chi connectivity index (χ1) is 31.2. The number of rotatable bonds is 52. The third-order valence-corrected chi connectivity index (χ3v) is 13.1. The summed E-state index contributed by atoms with van der Waals surface area (Å²) in [6, 6.07) is 0. The number of hydrogen-bond acceptors (Lipinski definition) is 9. The molecule has 0 aliphatic heterocycles. The quantitative estimate of drug-likeness (QED) is 0.0233. The summed E-state index contributed by atoms with van der Waals surface area (Å²) in [5, 5.41) is 18.4. The predicted molar refractivity (Wildman–Crippen MR) is 265 cm³/mol. The maximum Gasteiger partial charge on any atom is 0.472 e. The van der Waals surface area contributed by atoms with Crippen molar-refractivity contribution in [1.82, 2.24) is 0 Å². The van der Waals surface area contributed by atoms with Crippen molar-refractivity contribution in [3.8, 4) is 0 Å². The van der Waals surface area contributed by atoms with Gasteiger partial charge in [0, 0.05) is 12.8 Å². The van der Waals surface area contributed by atoms with Gasteiger partial charge >= 0.3 is 19.8 Å². The molecule has 3 atom stereocenters. The summed E-state index contributed by atoms with van der Waals surface area (Å²) >= 11 is 0. The number of ether oxygens (including phenoxy) is 2. The standard InChI is InChI=1S/C53H103O10P/c1-3-5-7-9-11-13-15-17-19-21-22-23-24-25-26-27-29-30-32-34-36-38-40-42-44-52(56)60-48-51(49-62-64(58,59)61-47-50(55)46-54)63-53(57)45-43-41-39-37-35-33-31-28-20-18-16-14-12-10-8-6-4-2/h18,20,50-51,54-55H,3-17,19,21-49H2,1-2H3,(H,58,59)/b20-18-. The lowest BCUT2D eigenvalue weighted by molar-refractivity contribution is -0.161. The molecule has 11 heteroatoms. The number of unbranched alkanes of at least 4 members (excludes halogenated alkanes) is 36. The molecule has 0 aliphatic rings. The van der Waals surface area contributed by atoms with Crippen LogP contribution < -0.4 is 0 Å². The third kappa shape index (κ3) is 48.6. The van der Waals surface area contributed by atoms with Crippen LogP contribution >= 0.6 is 7.82 Å². The minimum Gasteiger partial charge on any atom is -0.462 e. The molecule has 0 spiro atoms. The smallest absolute Gasteiger partial charge is 0.462 e. The Balaban J connectivity index is 4.07. The largest absolute Gasteiger partial charge is 0.472 e. The van der Waals surface area contributed by atoms with Crippen LogP contribution in [0.1, 0.15) is 277 Å². The van der Waals surface area contributed by atoms with Crippen LogP contribution in [0.15, 0.2) is 12.2 Å². The zero-order valence-electron chi connectivity index (χ0n) is 41.8. The Morgan fingerprint density at radius 2 is 0.766 bits per heavy atom. The van der Waals surface area contributed by atoms with E-state index in [-0.39, 0.29) is 19.4 Å². The lowest BCUT2D eigenvalue weighted by Crippen LogP contribution is -2.29. The Bertz CT molecular complexity index is 1070. The number of phosphoric acid groups is 1. The summed E-state index contributed by atoms with van der Waals surface area (Å²) in [7, 11) is -4.62. The summed E-state index contributed by atoms with van der Waals surface area (Å²) in [5.41, 5.74) is 0. The number of allylic oxidation sites excluding steroid dienone is 2.